The van der Waals surface area contributed by atoms with Crippen LogP contribution >= 0.6 is 15.9 Å². The quantitative estimate of drug-likeness (QED) is 0.826. The Morgan fingerprint density at radius 3 is 2.89 bits per heavy atom. The molecule has 2 aliphatic rings. The van der Waals surface area contributed by atoms with E-state index in [1.807, 2.05) is 25.1 Å². The number of nitrogens with zero attached hydrogens (tertiary/aromatic N) is 1. The molecule has 0 bridgehead atoms. The maximum absolute atomic E-state index is 12.7. The summed E-state index contributed by atoms with van der Waals surface area (Å²) in [7, 11) is -3.32. The van der Waals surface area contributed by atoms with Crippen molar-refractivity contribution in [3.8, 4) is 0 Å². The molecule has 0 aliphatic carbocycles. The van der Waals surface area contributed by atoms with E-state index in [1.54, 1.807) is 4.31 Å². The molecule has 19 heavy (non-hydrogen) atoms. The lowest BCUT2D eigenvalue weighted by Gasteiger charge is -2.25. The average molecular weight is 346 g/mol. The fraction of sp³-hybridized carbons (Fsp3) is 0.538. The number of hydrogen-bond acceptors (Lipinski definition) is 3. The first-order chi connectivity index (χ1) is 9.00. The van der Waals surface area contributed by atoms with Crippen LogP contribution in [0.4, 0.5) is 5.69 Å². The van der Waals surface area contributed by atoms with Gasteiger partial charge < -0.3 is 4.74 Å². The lowest BCUT2D eigenvalue weighted by atomic mass is 10.2. The lowest BCUT2D eigenvalue weighted by Crippen LogP contribution is -2.40. The molecule has 2 aliphatic heterocycles. The highest BCUT2D eigenvalue weighted by molar-refractivity contribution is 9.10. The van der Waals surface area contributed by atoms with Gasteiger partial charge in [0.2, 0.25) is 10.0 Å². The Kier molecular flexibility index (Phi) is 3.35. The molecule has 6 heteroatoms. The van der Waals surface area contributed by atoms with Crippen LogP contribution < -0.4 is 4.31 Å². The predicted octanol–water partition coefficient (Wildman–Crippen LogP) is 2.32. The molecular weight excluding hydrogens is 330 g/mol. The molecule has 0 unspecified atom stereocenters. The van der Waals surface area contributed by atoms with Crippen LogP contribution in [-0.4, -0.2) is 32.9 Å². The summed E-state index contributed by atoms with van der Waals surface area (Å²) < 4.78 is 33.4. The molecule has 1 aromatic rings. The van der Waals surface area contributed by atoms with Gasteiger partial charge in [0.15, 0.2) is 0 Å². The number of anilines is 1. The molecule has 0 aromatic heterocycles. The van der Waals surface area contributed by atoms with Gasteiger partial charge in [-0.25, -0.2) is 8.42 Å². The molecule has 1 aromatic carbocycles. The van der Waals surface area contributed by atoms with Crippen LogP contribution in [-0.2, 0) is 21.2 Å². The van der Waals surface area contributed by atoms with Gasteiger partial charge in [0, 0.05) is 17.6 Å². The first-order valence-corrected chi connectivity index (χ1v) is 8.71. The lowest BCUT2D eigenvalue weighted by molar-refractivity contribution is 0.126. The summed E-state index contributed by atoms with van der Waals surface area (Å²) in [5, 5.41) is -0.415. The summed E-state index contributed by atoms with van der Waals surface area (Å²) in [5.41, 5.74) is 1.91. The molecule has 3 rings (SSSR count). The Morgan fingerprint density at radius 1 is 1.42 bits per heavy atom. The summed E-state index contributed by atoms with van der Waals surface area (Å²) in [6, 6.07) is 5.77. The third-order valence-electron chi connectivity index (χ3n) is 3.89. The van der Waals surface area contributed by atoms with E-state index < -0.39 is 15.3 Å². The highest BCUT2D eigenvalue weighted by Gasteiger charge is 2.41. The topological polar surface area (TPSA) is 46.6 Å². The Morgan fingerprint density at radius 2 is 2.21 bits per heavy atom. The number of fused-ring (bicyclic) bond motifs is 1. The molecule has 1 saturated heterocycles. The predicted molar refractivity (Wildman–Crippen MR) is 77.9 cm³/mol. The van der Waals surface area contributed by atoms with Gasteiger partial charge in [-0.2, -0.15) is 0 Å². The summed E-state index contributed by atoms with van der Waals surface area (Å²) in [4.78, 5) is 0. The Hall–Kier alpha value is -0.590. The Bertz CT molecular complexity index is 602. The SMILES string of the molecule is C[C@@H]1OCC[C@@H]1S(=O)(=O)N1CCc2cc(Br)ccc21. The summed E-state index contributed by atoms with van der Waals surface area (Å²) in [6.45, 7) is 2.91. The van der Waals surface area contributed by atoms with Crippen molar-refractivity contribution >= 4 is 31.6 Å². The van der Waals surface area contributed by atoms with E-state index in [-0.39, 0.29) is 6.10 Å². The van der Waals surface area contributed by atoms with Crippen molar-refractivity contribution in [3.63, 3.8) is 0 Å². The fourth-order valence-corrected chi connectivity index (χ4v) is 5.36. The van der Waals surface area contributed by atoms with Crippen molar-refractivity contribution in [3.05, 3.63) is 28.2 Å². The molecule has 2 heterocycles. The van der Waals surface area contributed by atoms with Crippen molar-refractivity contribution in [1.82, 2.24) is 0 Å². The Balaban J connectivity index is 1.97. The van der Waals surface area contributed by atoms with E-state index in [0.717, 1.165) is 22.1 Å². The molecule has 4 nitrogen and oxygen atoms in total. The number of ether oxygens (including phenoxy) is 1. The zero-order valence-electron chi connectivity index (χ0n) is 10.7. The minimum atomic E-state index is -3.32. The van der Waals surface area contributed by atoms with Crippen LogP contribution in [0.3, 0.4) is 0 Å². The van der Waals surface area contributed by atoms with Crippen molar-refractivity contribution < 1.29 is 13.2 Å². The van der Waals surface area contributed by atoms with E-state index in [2.05, 4.69) is 15.9 Å². The van der Waals surface area contributed by atoms with Gasteiger partial charge in [-0.3, -0.25) is 4.31 Å². The molecule has 0 N–H and O–H groups in total. The second-order valence-electron chi connectivity index (χ2n) is 5.04. The number of benzene rings is 1. The van der Waals surface area contributed by atoms with Gasteiger partial charge in [-0.15, -0.1) is 0 Å². The maximum Gasteiger partial charge on any atom is 0.240 e. The normalized spacial score (nSPS) is 26.7. The summed E-state index contributed by atoms with van der Waals surface area (Å²) in [6.07, 6.45) is 1.14. The van der Waals surface area contributed by atoms with Crippen molar-refractivity contribution in [2.24, 2.45) is 0 Å². The van der Waals surface area contributed by atoms with E-state index in [9.17, 15) is 8.42 Å². The van der Waals surface area contributed by atoms with Gasteiger partial charge in [-0.05, 0) is 43.5 Å². The van der Waals surface area contributed by atoms with E-state index in [4.69, 9.17) is 4.74 Å². The van der Waals surface area contributed by atoms with Crippen LogP contribution in [0.1, 0.15) is 18.9 Å². The number of rotatable bonds is 2. The van der Waals surface area contributed by atoms with Gasteiger partial charge in [-0.1, -0.05) is 15.9 Å². The summed E-state index contributed by atoms with van der Waals surface area (Å²) in [5.74, 6) is 0. The number of hydrogen-bond donors (Lipinski definition) is 0. The van der Waals surface area contributed by atoms with E-state index in [1.165, 1.54) is 0 Å². The second kappa shape index (κ2) is 4.75. The number of halogens is 1. The maximum atomic E-state index is 12.7. The highest BCUT2D eigenvalue weighted by atomic mass is 79.9. The van der Waals surface area contributed by atoms with Crippen molar-refractivity contribution in [2.45, 2.75) is 31.1 Å². The van der Waals surface area contributed by atoms with Crippen molar-refractivity contribution in [1.29, 1.82) is 0 Å². The molecule has 0 spiro atoms. The average Bonchev–Trinajstić information content (AvgIpc) is 2.94. The second-order valence-corrected chi connectivity index (χ2v) is 8.04. The zero-order chi connectivity index (χ0) is 13.6. The minimum Gasteiger partial charge on any atom is -0.377 e. The first-order valence-electron chi connectivity index (χ1n) is 6.42. The number of sulfonamides is 1. The zero-order valence-corrected chi connectivity index (χ0v) is 13.1. The Labute approximate surface area is 121 Å². The largest absolute Gasteiger partial charge is 0.377 e. The van der Waals surface area contributed by atoms with Gasteiger partial charge in [0.05, 0.1) is 11.8 Å². The molecule has 1 fully saturated rings. The monoisotopic (exact) mass is 345 g/mol. The van der Waals surface area contributed by atoms with Gasteiger partial charge >= 0.3 is 0 Å². The van der Waals surface area contributed by atoms with Gasteiger partial charge in [0.1, 0.15) is 5.25 Å². The smallest absolute Gasteiger partial charge is 0.240 e. The van der Waals surface area contributed by atoms with Crippen LogP contribution in [0, 0.1) is 0 Å². The van der Waals surface area contributed by atoms with Crippen molar-refractivity contribution in [2.75, 3.05) is 17.5 Å². The standard InChI is InChI=1S/C13H16BrNO3S/c1-9-13(5-7-18-9)19(16,17)15-6-4-10-8-11(14)2-3-12(10)15/h2-3,8-9,13H,4-7H2,1H3/t9-,13-/m0/s1. The van der Waals surface area contributed by atoms with Crippen LogP contribution in [0.2, 0.25) is 0 Å². The molecule has 0 saturated carbocycles. The third kappa shape index (κ3) is 2.19. The fourth-order valence-electron chi connectivity index (χ4n) is 2.87. The molecular formula is C13H16BrNO3S. The van der Waals surface area contributed by atoms with E-state index in [0.29, 0.717) is 19.6 Å². The third-order valence-corrected chi connectivity index (χ3v) is 6.76. The van der Waals surface area contributed by atoms with Crippen LogP contribution in [0.25, 0.3) is 0 Å². The minimum absolute atomic E-state index is 0.218. The molecule has 104 valence electrons. The summed E-state index contributed by atoms with van der Waals surface area (Å²) >= 11 is 3.42. The van der Waals surface area contributed by atoms with Gasteiger partial charge in [0.25, 0.3) is 0 Å². The van der Waals surface area contributed by atoms with E-state index >= 15 is 0 Å². The van der Waals surface area contributed by atoms with Crippen LogP contribution in [0.5, 0.6) is 0 Å². The molecule has 0 amide bonds. The van der Waals surface area contributed by atoms with Crippen LogP contribution in [0.15, 0.2) is 22.7 Å². The highest BCUT2D eigenvalue weighted by Crippen LogP contribution is 2.35. The first kappa shape index (κ1) is 13.4. The molecule has 2 atom stereocenters. The molecule has 0 radical (unpaired) electrons.